The minimum absolute atomic E-state index is 0.00754. The zero-order valence-electron chi connectivity index (χ0n) is 22.0. The number of hydrogen-bond donors (Lipinski definition) is 2. The fourth-order valence-corrected chi connectivity index (χ4v) is 6.41. The van der Waals surface area contributed by atoms with E-state index in [0.717, 1.165) is 43.4 Å². The number of para-hydroxylation sites is 1. The van der Waals surface area contributed by atoms with E-state index in [4.69, 9.17) is 15.2 Å². The smallest absolute Gasteiger partial charge is 0.410 e. The number of carbonyl (C=O) groups is 2. The molecule has 0 aromatic heterocycles. The number of ether oxygens (including phenoxy) is 2. The lowest BCUT2D eigenvalue weighted by atomic mass is 9.83. The Balaban J connectivity index is 1.24. The van der Waals surface area contributed by atoms with E-state index in [1.807, 2.05) is 70.5 Å². The molecule has 38 heavy (non-hydrogen) atoms. The molecule has 2 aromatic carbocycles. The quantitative estimate of drug-likeness (QED) is 0.380. The first-order valence-electron chi connectivity index (χ1n) is 14.0. The van der Waals surface area contributed by atoms with Crippen LogP contribution in [0.4, 0.5) is 10.5 Å². The molecule has 5 rings (SSSR count). The molecule has 0 spiro atoms. The van der Waals surface area contributed by atoms with Gasteiger partial charge in [-0.25, -0.2) is 4.79 Å². The van der Waals surface area contributed by atoms with Crippen molar-refractivity contribution in [3.8, 4) is 0 Å². The molecule has 2 heterocycles. The highest BCUT2D eigenvalue weighted by Gasteiger charge is 2.53. The normalized spacial score (nSPS) is 24.2. The summed E-state index contributed by atoms with van der Waals surface area (Å²) in [5.41, 5.74) is 8.49. The fraction of sp³-hybridized carbons (Fsp3) is 0.533. The van der Waals surface area contributed by atoms with Crippen LogP contribution in [0.25, 0.3) is 0 Å². The summed E-state index contributed by atoms with van der Waals surface area (Å²) >= 11 is 0. The summed E-state index contributed by atoms with van der Waals surface area (Å²) in [5.74, 6) is 0.261. The molecule has 8 nitrogen and oxygen atoms in total. The van der Waals surface area contributed by atoms with Gasteiger partial charge >= 0.3 is 6.09 Å². The van der Waals surface area contributed by atoms with Gasteiger partial charge in [0.25, 0.3) is 0 Å². The summed E-state index contributed by atoms with van der Waals surface area (Å²) < 4.78 is 11.7. The molecule has 2 saturated heterocycles. The standard InChI is InChI=1S/C30H40N4O4/c31-27(23-12-6-2-7-13-23)29(35)33-17-16-26-28(33)24(20-37-21-32-25-14-8-3-9-15-25)18-34(26)30(36)38-19-22-10-4-1-5-11-22/h1,3-5,8-11,14-15,23-24,26-28,32H,2,6-7,12-13,16-21,31H2/t24-,26-,27+,28-/m1/s1. The van der Waals surface area contributed by atoms with E-state index in [1.165, 1.54) is 6.42 Å². The van der Waals surface area contributed by atoms with Crippen LogP contribution in [0, 0.1) is 11.8 Å². The third kappa shape index (κ3) is 6.13. The van der Waals surface area contributed by atoms with Gasteiger partial charge in [0.15, 0.2) is 0 Å². The van der Waals surface area contributed by atoms with Gasteiger partial charge in [-0.1, -0.05) is 67.8 Å². The number of hydrogen-bond acceptors (Lipinski definition) is 6. The minimum atomic E-state index is -0.477. The van der Waals surface area contributed by atoms with Crippen molar-refractivity contribution >= 4 is 17.7 Å². The predicted molar refractivity (Wildman–Crippen MR) is 146 cm³/mol. The number of nitrogens with two attached hydrogens (primary N) is 1. The number of likely N-dealkylation sites (tertiary alicyclic amines) is 2. The second-order valence-electron chi connectivity index (χ2n) is 10.8. The van der Waals surface area contributed by atoms with E-state index >= 15 is 0 Å². The van der Waals surface area contributed by atoms with Crippen molar-refractivity contribution < 1.29 is 19.1 Å². The van der Waals surface area contributed by atoms with E-state index in [-0.39, 0.29) is 42.5 Å². The second-order valence-corrected chi connectivity index (χ2v) is 10.8. The zero-order valence-corrected chi connectivity index (χ0v) is 22.0. The van der Waals surface area contributed by atoms with Crippen LogP contribution in [0.5, 0.6) is 0 Å². The third-order valence-corrected chi connectivity index (χ3v) is 8.38. The largest absolute Gasteiger partial charge is 0.445 e. The van der Waals surface area contributed by atoms with Gasteiger partial charge in [-0.15, -0.1) is 0 Å². The summed E-state index contributed by atoms with van der Waals surface area (Å²) in [4.78, 5) is 30.6. The molecule has 2 aromatic rings. The predicted octanol–water partition coefficient (Wildman–Crippen LogP) is 4.22. The average Bonchev–Trinajstić information content (AvgIpc) is 3.56. The lowest BCUT2D eigenvalue weighted by molar-refractivity contribution is -0.136. The lowest BCUT2D eigenvalue weighted by Crippen LogP contribution is -2.52. The van der Waals surface area contributed by atoms with Gasteiger partial charge in [0.2, 0.25) is 5.91 Å². The molecular formula is C30H40N4O4. The Kier molecular flexibility index (Phi) is 8.81. The molecule has 1 aliphatic carbocycles. The minimum Gasteiger partial charge on any atom is -0.445 e. The number of amides is 2. The molecule has 204 valence electrons. The van der Waals surface area contributed by atoms with Crippen LogP contribution >= 0.6 is 0 Å². The maximum absolute atomic E-state index is 13.6. The topological polar surface area (TPSA) is 97.1 Å². The summed E-state index contributed by atoms with van der Waals surface area (Å²) in [5, 5.41) is 3.27. The maximum atomic E-state index is 13.6. The monoisotopic (exact) mass is 520 g/mol. The van der Waals surface area contributed by atoms with E-state index < -0.39 is 6.04 Å². The highest BCUT2D eigenvalue weighted by atomic mass is 16.6. The van der Waals surface area contributed by atoms with Crippen molar-refractivity contribution in [1.29, 1.82) is 0 Å². The van der Waals surface area contributed by atoms with Crippen molar-refractivity contribution in [3.63, 3.8) is 0 Å². The molecule has 0 bridgehead atoms. The van der Waals surface area contributed by atoms with E-state index in [9.17, 15) is 9.59 Å². The molecule has 0 radical (unpaired) electrons. The molecule has 4 atom stereocenters. The molecule has 1 saturated carbocycles. The molecule has 3 aliphatic rings. The van der Waals surface area contributed by atoms with E-state index in [1.54, 1.807) is 0 Å². The molecular weight excluding hydrogens is 480 g/mol. The second kappa shape index (κ2) is 12.6. The fourth-order valence-electron chi connectivity index (χ4n) is 6.41. The number of carbonyl (C=O) groups excluding carboxylic acids is 2. The Morgan fingerprint density at radius 2 is 1.66 bits per heavy atom. The van der Waals surface area contributed by atoms with Crippen molar-refractivity contribution in [2.75, 3.05) is 31.7 Å². The number of rotatable bonds is 9. The van der Waals surface area contributed by atoms with Gasteiger partial charge in [0, 0.05) is 24.7 Å². The van der Waals surface area contributed by atoms with E-state index in [2.05, 4.69) is 5.32 Å². The summed E-state index contributed by atoms with van der Waals surface area (Å²) in [6.45, 7) is 2.12. The Bertz CT molecular complexity index is 1050. The highest BCUT2D eigenvalue weighted by molar-refractivity contribution is 5.83. The molecule has 2 amide bonds. The first kappa shape index (κ1) is 26.5. The maximum Gasteiger partial charge on any atom is 0.410 e. The number of benzene rings is 2. The first-order valence-corrected chi connectivity index (χ1v) is 14.0. The Morgan fingerprint density at radius 3 is 2.39 bits per heavy atom. The van der Waals surface area contributed by atoms with Crippen LogP contribution in [-0.2, 0) is 20.9 Å². The van der Waals surface area contributed by atoms with Crippen molar-refractivity contribution in [1.82, 2.24) is 9.80 Å². The Morgan fingerprint density at radius 1 is 0.947 bits per heavy atom. The Labute approximate surface area is 225 Å². The number of nitrogens with one attached hydrogen (secondary N) is 1. The average molecular weight is 521 g/mol. The molecule has 3 fully saturated rings. The van der Waals surface area contributed by atoms with Crippen LogP contribution < -0.4 is 11.1 Å². The van der Waals surface area contributed by atoms with Crippen molar-refractivity contribution in [3.05, 3.63) is 66.2 Å². The summed E-state index contributed by atoms with van der Waals surface area (Å²) in [6.07, 6.45) is 5.94. The highest BCUT2D eigenvalue weighted by Crippen LogP contribution is 2.38. The third-order valence-electron chi connectivity index (χ3n) is 8.38. The number of fused-ring (bicyclic) bond motifs is 1. The summed E-state index contributed by atoms with van der Waals surface area (Å²) in [6, 6.07) is 18.9. The molecule has 3 N–H and O–H groups in total. The van der Waals surface area contributed by atoms with E-state index in [0.29, 0.717) is 26.4 Å². The first-order chi connectivity index (χ1) is 18.6. The number of anilines is 1. The zero-order chi connectivity index (χ0) is 26.3. The van der Waals surface area contributed by atoms with Crippen molar-refractivity contribution in [2.45, 2.75) is 63.3 Å². The molecule has 0 unspecified atom stereocenters. The van der Waals surface area contributed by atoms with Gasteiger partial charge in [0.1, 0.15) is 13.3 Å². The summed E-state index contributed by atoms with van der Waals surface area (Å²) in [7, 11) is 0. The van der Waals surface area contributed by atoms with Crippen molar-refractivity contribution in [2.24, 2.45) is 17.6 Å². The lowest BCUT2D eigenvalue weighted by Gasteiger charge is -2.34. The van der Waals surface area contributed by atoms with Gasteiger partial charge in [-0.3, -0.25) is 4.79 Å². The Hall–Kier alpha value is -3.10. The van der Waals surface area contributed by atoms with Gasteiger partial charge in [-0.05, 0) is 42.9 Å². The van der Waals surface area contributed by atoms with Gasteiger partial charge in [0.05, 0.1) is 24.7 Å². The SMILES string of the molecule is N[C@H](C(=O)N1CC[C@@H]2[C@H]1[C@@H](COCNc1ccccc1)CN2C(=O)OCc1ccccc1)C1CCCCC1. The van der Waals surface area contributed by atoms with Crippen LogP contribution in [0.3, 0.4) is 0 Å². The van der Waals surface area contributed by atoms with Gasteiger partial charge < -0.3 is 30.3 Å². The van der Waals surface area contributed by atoms with Gasteiger partial charge in [-0.2, -0.15) is 0 Å². The number of nitrogens with zero attached hydrogens (tertiary/aromatic N) is 2. The van der Waals surface area contributed by atoms with Crippen LogP contribution in [0.2, 0.25) is 0 Å². The molecule has 8 heteroatoms. The van der Waals surface area contributed by atoms with Crippen LogP contribution in [-0.4, -0.2) is 66.4 Å². The van der Waals surface area contributed by atoms with Crippen LogP contribution in [0.1, 0.15) is 44.1 Å². The molecule has 2 aliphatic heterocycles. The van der Waals surface area contributed by atoms with Crippen LogP contribution in [0.15, 0.2) is 60.7 Å².